The van der Waals surface area contributed by atoms with E-state index in [-0.39, 0.29) is 6.10 Å². The summed E-state index contributed by atoms with van der Waals surface area (Å²) in [5, 5.41) is 10.1. The first-order valence-corrected chi connectivity index (χ1v) is 7.27. The first-order valence-electron chi connectivity index (χ1n) is 6.48. The standard InChI is InChI=1S/C14H20BrNO2/c1-2-16-8-7-11(9-16)13(17)10-18-14-6-4-3-5-12(14)15/h3-6,11,13,17H,2,7-10H2,1H3. The van der Waals surface area contributed by atoms with Crippen molar-refractivity contribution in [3.8, 4) is 5.75 Å². The lowest BCUT2D eigenvalue weighted by atomic mass is 10.0. The van der Waals surface area contributed by atoms with Gasteiger partial charge in [0, 0.05) is 12.5 Å². The van der Waals surface area contributed by atoms with Crippen molar-refractivity contribution in [3.05, 3.63) is 28.7 Å². The lowest BCUT2D eigenvalue weighted by Crippen LogP contribution is -2.30. The van der Waals surface area contributed by atoms with E-state index in [4.69, 9.17) is 4.74 Å². The van der Waals surface area contributed by atoms with Crippen molar-refractivity contribution in [1.82, 2.24) is 4.90 Å². The van der Waals surface area contributed by atoms with Crippen LogP contribution in [0.1, 0.15) is 13.3 Å². The number of nitrogens with zero attached hydrogens (tertiary/aromatic N) is 1. The summed E-state index contributed by atoms with van der Waals surface area (Å²) < 4.78 is 6.59. The van der Waals surface area contributed by atoms with E-state index in [9.17, 15) is 5.11 Å². The quantitative estimate of drug-likeness (QED) is 0.906. The van der Waals surface area contributed by atoms with Gasteiger partial charge in [-0.05, 0) is 47.6 Å². The molecule has 1 heterocycles. The van der Waals surface area contributed by atoms with E-state index in [1.54, 1.807) is 0 Å². The number of para-hydroxylation sites is 1. The molecule has 1 fully saturated rings. The third-order valence-corrected chi connectivity index (χ3v) is 4.20. The average Bonchev–Trinajstić information content (AvgIpc) is 2.86. The van der Waals surface area contributed by atoms with Crippen molar-refractivity contribution in [3.63, 3.8) is 0 Å². The molecule has 18 heavy (non-hydrogen) atoms. The van der Waals surface area contributed by atoms with Crippen LogP contribution >= 0.6 is 15.9 Å². The Kier molecular flexibility index (Phi) is 5.03. The van der Waals surface area contributed by atoms with Gasteiger partial charge in [0.1, 0.15) is 12.4 Å². The van der Waals surface area contributed by atoms with E-state index in [1.807, 2.05) is 24.3 Å². The molecule has 2 atom stereocenters. The van der Waals surface area contributed by atoms with E-state index in [0.717, 1.165) is 36.3 Å². The lowest BCUT2D eigenvalue weighted by molar-refractivity contribution is 0.0597. The van der Waals surface area contributed by atoms with Crippen LogP contribution in [0.4, 0.5) is 0 Å². The summed E-state index contributed by atoms with van der Waals surface area (Å²) in [5.74, 6) is 1.13. The fourth-order valence-corrected chi connectivity index (χ4v) is 2.74. The van der Waals surface area contributed by atoms with Gasteiger partial charge in [0.2, 0.25) is 0 Å². The van der Waals surface area contributed by atoms with Crippen LogP contribution in [-0.2, 0) is 0 Å². The summed E-state index contributed by atoms with van der Waals surface area (Å²) in [6, 6.07) is 7.73. The Hall–Kier alpha value is -0.580. The molecule has 0 aromatic heterocycles. The fourth-order valence-electron chi connectivity index (χ4n) is 2.34. The fraction of sp³-hybridized carbons (Fsp3) is 0.571. The van der Waals surface area contributed by atoms with E-state index < -0.39 is 0 Å². The molecule has 4 heteroatoms. The Bertz CT molecular complexity index is 386. The van der Waals surface area contributed by atoms with Crippen LogP contribution in [0.2, 0.25) is 0 Å². The molecule has 0 amide bonds. The third-order valence-electron chi connectivity index (χ3n) is 3.55. The van der Waals surface area contributed by atoms with Crippen LogP contribution in [0, 0.1) is 5.92 Å². The van der Waals surface area contributed by atoms with Crippen molar-refractivity contribution in [2.75, 3.05) is 26.2 Å². The Morgan fingerprint density at radius 3 is 2.94 bits per heavy atom. The van der Waals surface area contributed by atoms with Crippen LogP contribution in [0.15, 0.2) is 28.7 Å². The van der Waals surface area contributed by atoms with E-state index >= 15 is 0 Å². The first-order chi connectivity index (χ1) is 8.70. The molecule has 1 aliphatic rings. The lowest BCUT2D eigenvalue weighted by Gasteiger charge is -2.19. The second kappa shape index (κ2) is 6.55. The largest absolute Gasteiger partial charge is 0.490 e. The van der Waals surface area contributed by atoms with Crippen LogP contribution in [0.3, 0.4) is 0 Å². The summed E-state index contributed by atoms with van der Waals surface area (Å²) in [5.41, 5.74) is 0. The zero-order valence-corrected chi connectivity index (χ0v) is 12.3. The molecule has 0 bridgehead atoms. The second-order valence-corrected chi connectivity index (χ2v) is 5.61. The van der Waals surface area contributed by atoms with Gasteiger partial charge in [-0.2, -0.15) is 0 Å². The minimum absolute atomic E-state index is 0.340. The smallest absolute Gasteiger partial charge is 0.133 e. The maximum atomic E-state index is 10.1. The topological polar surface area (TPSA) is 32.7 Å². The number of ether oxygens (including phenoxy) is 1. The van der Waals surface area contributed by atoms with Crippen LogP contribution < -0.4 is 4.74 Å². The number of rotatable bonds is 5. The highest BCUT2D eigenvalue weighted by Crippen LogP contribution is 2.25. The molecule has 0 saturated carbocycles. The number of hydrogen-bond donors (Lipinski definition) is 1. The molecule has 3 nitrogen and oxygen atoms in total. The van der Waals surface area contributed by atoms with Gasteiger partial charge in [0.25, 0.3) is 0 Å². The monoisotopic (exact) mass is 313 g/mol. The van der Waals surface area contributed by atoms with Gasteiger partial charge < -0.3 is 14.7 Å². The van der Waals surface area contributed by atoms with Gasteiger partial charge in [0.15, 0.2) is 0 Å². The number of likely N-dealkylation sites (tertiary alicyclic amines) is 1. The molecule has 1 aromatic rings. The summed E-state index contributed by atoms with van der Waals surface area (Å²) >= 11 is 3.44. The molecular weight excluding hydrogens is 294 g/mol. The van der Waals surface area contributed by atoms with Gasteiger partial charge in [-0.15, -0.1) is 0 Å². The summed E-state index contributed by atoms with van der Waals surface area (Å²) in [7, 11) is 0. The summed E-state index contributed by atoms with van der Waals surface area (Å²) in [6.45, 7) is 5.66. The van der Waals surface area contributed by atoms with Crippen molar-refractivity contribution in [2.24, 2.45) is 5.92 Å². The molecule has 1 N–H and O–H groups in total. The highest BCUT2D eigenvalue weighted by molar-refractivity contribution is 9.10. The number of benzene rings is 1. The maximum Gasteiger partial charge on any atom is 0.133 e. The number of aliphatic hydroxyl groups excluding tert-OH is 1. The molecule has 100 valence electrons. The SMILES string of the molecule is CCN1CCC(C(O)COc2ccccc2Br)C1. The highest BCUT2D eigenvalue weighted by atomic mass is 79.9. The summed E-state index contributed by atoms with van der Waals surface area (Å²) in [4.78, 5) is 2.37. The van der Waals surface area contributed by atoms with Gasteiger partial charge >= 0.3 is 0 Å². The van der Waals surface area contributed by atoms with Gasteiger partial charge in [-0.3, -0.25) is 0 Å². The molecule has 1 aliphatic heterocycles. The Labute approximate surface area is 117 Å². The van der Waals surface area contributed by atoms with Crippen molar-refractivity contribution >= 4 is 15.9 Å². The van der Waals surface area contributed by atoms with Crippen LogP contribution in [0.25, 0.3) is 0 Å². The Morgan fingerprint density at radius 1 is 1.50 bits per heavy atom. The highest BCUT2D eigenvalue weighted by Gasteiger charge is 2.27. The molecule has 0 spiro atoms. The van der Waals surface area contributed by atoms with Gasteiger partial charge in [-0.25, -0.2) is 0 Å². The van der Waals surface area contributed by atoms with Crippen LogP contribution in [0.5, 0.6) is 5.75 Å². The Morgan fingerprint density at radius 2 is 2.28 bits per heavy atom. The third kappa shape index (κ3) is 3.46. The summed E-state index contributed by atoms with van der Waals surface area (Å²) in [6.07, 6.45) is 0.683. The van der Waals surface area contributed by atoms with E-state index in [2.05, 4.69) is 27.8 Å². The molecule has 1 aromatic carbocycles. The van der Waals surface area contributed by atoms with Crippen molar-refractivity contribution < 1.29 is 9.84 Å². The maximum absolute atomic E-state index is 10.1. The number of halogens is 1. The normalized spacial score (nSPS) is 22.1. The van der Waals surface area contributed by atoms with E-state index in [1.165, 1.54) is 0 Å². The molecule has 0 radical (unpaired) electrons. The molecule has 1 saturated heterocycles. The van der Waals surface area contributed by atoms with Gasteiger partial charge in [-0.1, -0.05) is 19.1 Å². The minimum atomic E-state index is -0.381. The number of hydrogen-bond acceptors (Lipinski definition) is 3. The molecule has 2 rings (SSSR count). The zero-order valence-electron chi connectivity index (χ0n) is 10.7. The first kappa shape index (κ1) is 13.8. The Balaban J connectivity index is 1.82. The molecular formula is C14H20BrNO2. The predicted molar refractivity (Wildman–Crippen MR) is 75.9 cm³/mol. The van der Waals surface area contributed by atoms with Crippen LogP contribution in [-0.4, -0.2) is 42.4 Å². The van der Waals surface area contributed by atoms with Crippen molar-refractivity contribution in [1.29, 1.82) is 0 Å². The zero-order chi connectivity index (χ0) is 13.0. The van der Waals surface area contributed by atoms with Gasteiger partial charge in [0.05, 0.1) is 10.6 Å². The molecule has 2 unspecified atom stereocenters. The van der Waals surface area contributed by atoms with Crippen molar-refractivity contribution in [2.45, 2.75) is 19.4 Å². The number of aliphatic hydroxyl groups is 1. The van der Waals surface area contributed by atoms with E-state index in [0.29, 0.717) is 12.5 Å². The molecule has 0 aliphatic carbocycles. The predicted octanol–water partition coefficient (Wildman–Crippen LogP) is 2.53. The average molecular weight is 314 g/mol. The second-order valence-electron chi connectivity index (χ2n) is 4.75. The minimum Gasteiger partial charge on any atom is -0.490 e.